The van der Waals surface area contributed by atoms with E-state index in [2.05, 4.69) is 0 Å². The van der Waals surface area contributed by atoms with Crippen molar-refractivity contribution in [3.8, 4) is 0 Å². The number of fused-ring (bicyclic) bond motifs is 1. The lowest BCUT2D eigenvalue weighted by Gasteiger charge is -2.20. The smallest absolute Gasteiger partial charge is 0.269 e. The molecule has 0 unspecified atom stereocenters. The van der Waals surface area contributed by atoms with E-state index in [-0.39, 0.29) is 23.0 Å². The summed E-state index contributed by atoms with van der Waals surface area (Å²) >= 11 is 0. The highest BCUT2D eigenvalue weighted by Crippen LogP contribution is 2.43. The van der Waals surface area contributed by atoms with Crippen molar-refractivity contribution in [3.05, 3.63) is 63.7 Å². The Labute approximate surface area is 151 Å². The van der Waals surface area contributed by atoms with E-state index < -0.39 is 20.2 Å². The summed E-state index contributed by atoms with van der Waals surface area (Å²) in [5.41, 5.74) is 1.10. The van der Waals surface area contributed by atoms with Crippen molar-refractivity contribution >= 4 is 27.1 Å². The molecule has 7 nitrogen and oxygen atoms in total. The van der Waals surface area contributed by atoms with Crippen LogP contribution in [0.2, 0.25) is 0 Å². The first kappa shape index (κ1) is 18.1. The molecule has 0 fully saturated rings. The van der Waals surface area contributed by atoms with Crippen LogP contribution in [0, 0.1) is 10.1 Å². The number of hydrogen-bond acceptors (Lipinski definition) is 5. The van der Waals surface area contributed by atoms with Crippen LogP contribution < -0.4 is 4.90 Å². The molecular weight excluding hydrogens is 356 g/mol. The van der Waals surface area contributed by atoms with Crippen LogP contribution in [0.3, 0.4) is 0 Å². The monoisotopic (exact) mass is 374 g/mol. The van der Waals surface area contributed by atoms with E-state index in [4.69, 9.17) is 0 Å². The molecule has 136 valence electrons. The SMILES string of the molecule is CC1(C)C(=O)N(Cc2ccc(S(C)(=O)=O)cc2)c2ccc([N+](=O)[O-])cc21. The van der Waals surface area contributed by atoms with Crippen molar-refractivity contribution in [1.29, 1.82) is 0 Å². The van der Waals surface area contributed by atoms with E-state index in [1.165, 1.54) is 24.3 Å². The molecule has 0 aromatic heterocycles. The van der Waals surface area contributed by atoms with Crippen molar-refractivity contribution < 1.29 is 18.1 Å². The maximum Gasteiger partial charge on any atom is 0.269 e. The second-order valence-corrected chi connectivity index (χ2v) is 8.91. The van der Waals surface area contributed by atoms with Gasteiger partial charge in [-0.25, -0.2) is 8.42 Å². The minimum Gasteiger partial charge on any atom is -0.307 e. The molecule has 8 heteroatoms. The summed E-state index contributed by atoms with van der Waals surface area (Å²) in [6, 6.07) is 10.8. The highest BCUT2D eigenvalue weighted by Gasteiger charge is 2.44. The number of hydrogen-bond donors (Lipinski definition) is 0. The minimum absolute atomic E-state index is 0.0519. The van der Waals surface area contributed by atoms with Crippen LogP contribution in [-0.2, 0) is 26.6 Å². The molecule has 0 atom stereocenters. The average Bonchev–Trinajstić information content (AvgIpc) is 2.75. The van der Waals surface area contributed by atoms with Gasteiger partial charge in [-0.1, -0.05) is 12.1 Å². The summed E-state index contributed by atoms with van der Waals surface area (Å²) in [4.78, 5) is 25.2. The molecule has 1 amide bonds. The molecule has 0 saturated heterocycles. The van der Waals surface area contributed by atoms with Gasteiger partial charge in [0.05, 0.1) is 21.8 Å². The molecule has 2 aromatic carbocycles. The van der Waals surface area contributed by atoms with Crippen molar-refractivity contribution in [3.63, 3.8) is 0 Å². The molecule has 0 radical (unpaired) electrons. The van der Waals surface area contributed by atoms with Crippen LogP contribution in [-0.4, -0.2) is 25.5 Å². The molecular formula is C18H18N2O5S. The number of carbonyl (C=O) groups excluding carboxylic acids is 1. The van der Waals surface area contributed by atoms with Gasteiger partial charge in [0, 0.05) is 24.1 Å². The van der Waals surface area contributed by atoms with Crippen molar-refractivity contribution in [2.24, 2.45) is 0 Å². The number of anilines is 1. The third-order valence-electron chi connectivity index (χ3n) is 4.63. The summed E-state index contributed by atoms with van der Waals surface area (Å²) in [7, 11) is -3.28. The van der Waals surface area contributed by atoms with E-state index in [9.17, 15) is 23.3 Å². The number of sulfone groups is 1. The Hall–Kier alpha value is -2.74. The van der Waals surface area contributed by atoms with E-state index in [0.29, 0.717) is 11.3 Å². The van der Waals surface area contributed by atoms with Gasteiger partial charge in [0.25, 0.3) is 5.69 Å². The van der Waals surface area contributed by atoms with Crippen molar-refractivity contribution in [2.45, 2.75) is 30.7 Å². The molecule has 0 N–H and O–H groups in total. The van der Waals surface area contributed by atoms with Gasteiger partial charge in [0.15, 0.2) is 9.84 Å². The van der Waals surface area contributed by atoms with E-state index in [0.717, 1.165) is 11.8 Å². The number of non-ortho nitro benzene ring substituents is 1. The second kappa shape index (κ2) is 5.91. The van der Waals surface area contributed by atoms with E-state index in [1.54, 1.807) is 36.9 Å². The van der Waals surface area contributed by atoms with Gasteiger partial charge in [-0.2, -0.15) is 0 Å². The molecule has 0 saturated carbocycles. The molecule has 3 rings (SSSR count). The topological polar surface area (TPSA) is 97.6 Å². The quantitative estimate of drug-likeness (QED) is 0.605. The Morgan fingerprint density at radius 3 is 2.27 bits per heavy atom. The predicted molar refractivity (Wildman–Crippen MR) is 96.9 cm³/mol. The fourth-order valence-corrected chi connectivity index (χ4v) is 3.75. The number of benzene rings is 2. The second-order valence-electron chi connectivity index (χ2n) is 6.89. The number of amides is 1. The van der Waals surface area contributed by atoms with E-state index >= 15 is 0 Å². The van der Waals surface area contributed by atoms with Gasteiger partial charge in [0.1, 0.15) is 0 Å². The van der Waals surface area contributed by atoms with E-state index in [1.807, 2.05) is 0 Å². The molecule has 26 heavy (non-hydrogen) atoms. The highest BCUT2D eigenvalue weighted by molar-refractivity contribution is 7.90. The highest BCUT2D eigenvalue weighted by atomic mass is 32.2. The number of nitro benzene ring substituents is 1. The number of rotatable bonds is 4. The standard InChI is InChI=1S/C18H18N2O5S/c1-18(2)15-10-13(20(22)23)6-9-16(15)19(17(18)21)11-12-4-7-14(8-5-12)26(3,24)25/h4-10H,11H2,1-3H3. The van der Waals surface area contributed by atoms with Crippen LogP contribution in [0.5, 0.6) is 0 Å². The molecule has 1 heterocycles. The van der Waals surface area contributed by atoms with Crippen LogP contribution in [0.25, 0.3) is 0 Å². The van der Waals surface area contributed by atoms with Gasteiger partial charge in [-0.15, -0.1) is 0 Å². The Balaban J connectivity index is 1.97. The minimum atomic E-state index is -3.28. The lowest BCUT2D eigenvalue weighted by Crippen LogP contribution is -2.35. The van der Waals surface area contributed by atoms with Crippen LogP contribution in [0.1, 0.15) is 25.0 Å². The Morgan fingerprint density at radius 1 is 1.12 bits per heavy atom. The molecule has 2 aromatic rings. The summed E-state index contributed by atoms with van der Waals surface area (Å²) in [6.45, 7) is 3.74. The zero-order valence-corrected chi connectivity index (χ0v) is 15.4. The lowest BCUT2D eigenvalue weighted by molar-refractivity contribution is -0.384. The van der Waals surface area contributed by atoms with Gasteiger partial charge >= 0.3 is 0 Å². The molecule has 1 aliphatic rings. The summed E-state index contributed by atoms with van der Waals surface area (Å²) in [5.74, 6) is -0.153. The zero-order chi connectivity index (χ0) is 19.3. The van der Waals surface area contributed by atoms with Crippen LogP contribution >= 0.6 is 0 Å². The average molecular weight is 374 g/mol. The van der Waals surface area contributed by atoms with Crippen molar-refractivity contribution in [1.82, 2.24) is 0 Å². The fourth-order valence-electron chi connectivity index (χ4n) is 3.12. The van der Waals surface area contributed by atoms with Gasteiger partial charge in [0.2, 0.25) is 5.91 Å². The Morgan fingerprint density at radius 2 is 1.73 bits per heavy atom. The summed E-state index contributed by atoms with van der Waals surface area (Å²) in [6.07, 6.45) is 1.14. The predicted octanol–water partition coefficient (Wildman–Crippen LogP) is 2.82. The first-order chi connectivity index (χ1) is 12.0. The third kappa shape index (κ3) is 2.96. The maximum atomic E-state index is 12.9. The number of nitro groups is 1. The largest absolute Gasteiger partial charge is 0.307 e. The van der Waals surface area contributed by atoms with Crippen LogP contribution in [0.4, 0.5) is 11.4 Å². The normalized spacial score (nSPS) is 15.8. The maximum absolute atomic E-state index is 12.9. The van der Waals surface area contributed by atoms with Crippen molar-refractivity contribution in [2.75, 3.05) is 11.2 Å². The summed E-state index contributed by atoms with van der Waals surface area (Å²) < 4.78 is 23.1. The molecule has 1 aliphatic heterocycles. The van der Waals surface area contributed by atoms with Crippen LogP contribution in [0.15, 0.2) is 47.4 Å². The molecule has 0 spiro atoms. The first-order valence-electron chi connectivity index (χ1n) is 7.91. The molecule has 0 aliphatic carbocycles. The fraction of sp³-hybridized carbons (Fsp3) is 0.278. The number of nitrogens with zero attached hydrogens (tertiary/aromatic N) is 2. The van der Waals surface area contributed by atoms with Gasteiger partial charge in [-0.3, -0.25) is 14.9 Å². The Kier molecular flexibility index (Phi) is 4.11. The Bertz CT molecular complexity index is 1010. The summed E-state index contributed by atoms with van der Waals surface area (Å²) in [5, 5.41) is 11.0. The zero-order valence-electron chi connectivity index (χ0n) is 14.6. The van der Waals surface area contributed by atoms with Gasteiger partial charge in [-0.05, 0) is 43.2 Å². The lowest BCUT2D eigenvalue weighted by atomic mass is 9.86. The third-order valence-corrected chi connectivity index (χ3v) is 5.76. The van der Waals surface area contributed by atoms with Gasteiger partial charge < -0.3 is 4.90 Å². The molecule has 0 bridgehead atoms. The first-order valence-corrected chi connectivity index (χ1v) is 9.81. The number of carbonyl (C=O) groups is 1.